The lowest BCUT2D eigenvalue weighted by atomic mass is 9.96. The summed E-state index contributed by atoms with van der Waals surface area (Å²) in [6.07, 6.45) is 0. The zero-order chi connectivity index (χ0) is 14.1. The van der Waals surface area contributed by atoms with Crippen molar-refractivity contribution in [1.82, 2.24) is 0 Å². The lowest BCUT2D eigenvalue weighted by Gasteiger charge is -2.21. The number of benzene rings is 1. The van der Waals surface area contributed by atoms with Crippen molar-refractivity contribution in [3.8, 4) is 0 Å². The molecule has 1 N–H and O–H groups in total. The molecule has 3 nitrogen and oxygen atoms in total. The van der Waals surface area contributed by atoms with Crippen LogP contribution in [0.5, 0.6) is 0 Å². The molecule has 0 saturated carbocycles. The number of hydrogen-bond acceptors (Lipinski definition) is 2. The van der Waals surface area contributed by atoms with Crippen molar-refractivity contribution in [2.75, 3.05) is 11.9 Å². The average molecular weight is 271 g/mol. The monoisotopic (exact) mass is 271 g/mol. The summed E-state index contributed by atoms with van der Waals surface area (Å²) in [6.45, 7) is 3.29. The van der Waals surface area contributed by atoms with E-state index in [-0.39, 0.29) is 17.5 Å². The number of hydrogen-bond donors (Lipinski definition) is 1. The number of Topliss-reactive ketones (excluding diaryl/α,β-unsaturated/α-hetero) is 1. The number of halogens is 1. The van der Waals surface area contributed by atoms with Gasteiger partial charge in [0.05, 0.1) is 12.5 Å². The molecule has 0 amide bonds. The standard InChI is InChI=1S/C16H15FN2O/c1-11-3-2-4-15-18-9-13(10-19(11)15)16(20)12-5-7-14(17)8-6-12/h2-8,13H,9-10H2,1H3/p+1. The maximum absolute atomic E-state index is 12.9. The van der Waals surface area contributed by atoms with Crippen molar-refractivity contribution in [3.63, 3.8) is 0 Å². The van der Waals surface area contributed by atoms with Crippen molar-refractivity contribution >= 4 is 11.6 Å². The number of nitrogens with one attached hydrogen (secondary N) is 1. The van der Waals surface area contributed by atoms with E-state index in [0.29, 0.717) is 18.7 Å². The van der Waals surface area contributed by atoms with Crippen LogP contribution in [0.25, 0.3) is 0 Å². The molecule has 1 atom stereocenters. The molecule has 2 heterocycles. The Kier molecular flexibility index (Phi) is 3.22. The van der Waals surface area contributed by atoms with Gasteiger partial charge < -0.3 is 0 Å². The highest BCUT2D eigenvalue weighted by atomic mass is 19.1. The molecule has 1 aromatic carbocycles. The number of carbonyl (C=O) groups is 1. The number of anilines is 1. The third-order valence-corrected chi connectivity index (χ3v) is 3.74. The van der Waals surface area contributed by atoms with Gasteiger partial charge in [0.15, 0.2) is 5.78 Å². The highest BCUT2D eigenvalue weighted by molar-refractivity contribution is 5.98. The Hall–Kier alpha value is -2.23. The molecule has 1 aromatic heterocycles. The van der Waals surface area contributed by atoms with Crippen LogP contribution >= 0.6 is 0 Å². The lowest BCUT2D eigenvalue weighted by Crippen LogP contribution is -2.51. The van der Waals surface area contributed by atoms with E-state index in [2.05, 4.69) is 9.88 Å². The molecule has 1 unspecified atom stereocenters. The predicted molar refractivity (Wildman–Crippen MR) is 74.1 cm³/mol. The Labute approximate surface area is 117 Å². The molecule has 20 heavy (non-hydrogen) atoms. The third-order valence-electron chi connectivity index (χ3n) is 3.74. The summed E-state index contributed by atoms with van der Waals surface area (Å²) >= 11 is 0. The molecule has 0 radical (unpaired) electrons. The molecule has 102 valence electrons. The van der Waals surface area contributed by atoms with Gasteiger partial charge in [-0.2, -0.15) is 0 Å². The van der Waals surface area contributed by atoms with Crippen molar-refractivity contribution in [3.05, 3.63) is 59.5 Å². The number of carbonyl (C=O) groups excluding carboxylic acids is 1. The number of ketones is 1. The molecule has 2 aromatic rings. The average Bonchev–Trinajstić information content (AvgIpc) is 2.47. The number of rotatable bonds is 2. The normalized spacial score (nSPS) is 17.2. The minimum atomic E-state index is -0.320. The smallest absolute Gasteiger partial charge is 0.274 e. The van der Waals surface area contributed by atoms with E-state index in [1.165, 1.54) is 12.1 Å². The Balaban J connectivity index is 1.85. The molecule has 3 rings (SSSR count). The molecule has 4 heteroatoms. The Bertz CT molecular complexity index is 652. The Morgan fingerprint density at radius 3 is 2.75 bits per heavy atom. The van der Waals surface area contributed by atoms with Gasteiger partial charge in [-0.25, -0.2) is 8.96 Å². The fourth-order valence-corrected chi connectivity index (χ4v) is 2.58. The first-order valence-electron chi connectivity index (χ1n) is 6.68. The topological polar surface area (TPSA) is 33.0 Å². The van der Waals surface area contributed by atoms with E-state index in [1.54, 1.807) is 12.1 Å². The van der Waals surface area contributed by atoms with Gasteiger partial charge in [-0.05, 0) is 37.3 Å². The van der Waals surface area contributed by atoms with Crippen molar-refractivity contribution in [2.45, 2.75) is 13.5 Å². The largest absolute Gasteiger partial charge is 0.294 e. The highest BCUT2D eigenvalue weighted by Gasteiger charge is 2.30. The van der Waals surface area contributed by atoms with E-state index >= 15 is 0 Å². The Morgan fingerprint density at radius 2 is 2.00 bits per heavy atom. The molecular weight excluding hydrogens is 255 g/mol. The number of nitrogens with zero attached hydrogens (tertiary/aromatic N) is 1. The SMILES string of the molecule is Cc1cccc2[n+]1CC(C(=O)c1ccc(F)cc1)CN2. The van der Waals surface area contributed by atoms with Gasteiger partial charge in [0.25, 0.3) is 5.82 Å². The Morgan fingerprint density at radius 1 is 1.25 bits per heavy atom. The van der Waals surface area contributed by atoms with Crippen LogP contribution in [0.2, 0.25) is 0 Å². The van der Waals surface area contributed by atoms with Crippen LogP contribution in [0.4, 0.5) is 10.2 Å². The van der Waals surface area contributed by atoms with Crippen LogP contribution in [0.1, 0.15) is 16.1 Å². The molecule has 0 bridgehead atoms. The van der Waals surface area contributed by atoms with Gasteiger partial charge in [-0.15, -0.1) is 0 Å². The fraction of sp³-hybridized carbons (Fsp3) is 0.250. The summed E-state index contributed by atoms with van der Waals surface area (Å²) in [6, 6.07) is 11.8. The molecule has 0 fully saturated rings. The molecule has 1 aliphatic rings. The molecule has 1 aliphatic heterocycles. The van der Waals surface area contributed by atoms with E-state index < -0.39 is 0 Å². The van der Waals surface area contributed by atoms with Gasteiger partial charge in [-0.1, -0.05) is 6.07 Å². The van der Waals surface area contributed by atoms with Gasteiger partial charge in [0, 0.05) is 11.6 Å². The maximum atomic E-state index is 12.9. The van der Waals surface area contributed by atoms with Gasteiger partial charge in [0.2, 0.25) is 0 Å². The quantitative estimate of drug-likeness (QED) is 0.672. The summed E-state index contributed by atoms with van der Waals surface area (Å²) in [5, 5.41) is 3.28. The van der Waals surface area contributed by atoms with Crippen LogP contribution in [0.3, 0.4) is 0 Å². The summed E-state index contributed by atoms with van der Waals surface area (Å²) in [5.41, 5.74) is 1.68. The van der Waals surface area contributed by atoms with Gasteiger partial charge in [0.1, 0.15) is 18.1 Å². The van der Waals surface area contributed by atoms with Crippen molar-refractivity contribution < 1.29 is 13.8 Å². The van der Waals surface area contributed by atoms with E-state index in [4.69, 9.17) is 0 Å². The first-order chi connectivity index (χ1) is 9.65. The summed E-state index contributed by atoms with van der Waals surface area (Å²) in [4.78, 5) is 12.5. The second kappa shape index (κ2) is 5.04. The number of aromatic nitrogens is 1. The van der Waals surface area contributed by atoms with Gasteiger partial charge >= 0.3 is 0 Å². The van der Waals surface area contributed by atoms with E-state index in [9.17, 15) is 9.18 Å². The van der Waals surface area contributed by atoms with Crippen LogP contribution in [-0.4, -0.2) is 12.3 Å². The third kappa shape index (κ3) is 2.29. The van der Waals surface area contributed by atoms with Crippen molar-refractivity contribution in [2.24, 2.45) is 5.92 Å². The zero-order valence-electron chi connectivity index (χ0n) is 11.3. The number of pyridine rings is 1. The highest BCUT2D eigenvalue weighted by Crippen LogP contribution is 2.16. The maximum Gasteiger partial charge on any atom is 0.274 e. The summed E-state index contributed by atoms with van der Waals surface area (Å²) in [5.74, 6) is 0.644. The van der Waals surface area contributed by atoms with Crippen LogP contribution in [0.15, 0.2) is 42.5 Å². The summed E-state index contributed by atoms with van der Waals surface area (Å²) in [7, 11) is 0. The molecule has 0 spiro atoms. The second-order valence-corrected chi connectivity index (χ2v) is 5.11. The minimum Gasteiger partial charge on any atom is -0.294 e. The van der Waals surface area contributed by atoms with E-state index in [1.807, 2.05) is 25.1 Å². The first kappa shape index (κ1) is 12.8. The predicted octanol–water partition coefficient (Wildman–Crippen LogP) is 2.35. The number of fused-ring (bicyclic) bond motifs is 1. The zero-order valence-corrected chi connectivity index (χ0v) is 11.3. The summed E-state index contributed by atoms with van der Waals surface area (Å²) < 4.78 is 15.0. The lowest BCUT2D eigenvalue weighted by molar-refractivity contribution is -0.696. The van der Waals surface area contributed by atoms with Crippen LogP contribution in [0, 0.1) is 18.7 Å². The first-order valence-corrected chi connectivity index (χ1v) is 6.68. The molecule has 0 aliphatic carbocycles. The van der Waals surface area contributed by atoms with Crippen LogP contribution in [-0.2, 0) is 6.54 Å². The molecule has 0 saturated heterocycles. The minimum absolute atomic E-state index is 0.0545. The second-order valence-electron chi connectivity index (χ2n) is 5.11. The molecular formula is C16H16FN2O+. The van der Waals surface area contributed by atoms with Crippen LogP contribution < -0.4 is 9.88 Å². The van der Waals surface area contributed by atoms with Crippen molar-refractivity contribution in [1.29, 1.82) is 0 Å². The van der Waals surface area contributed by atoms with Gasteiger partial charge in [-0.3, -0.25) is 10.1 Å². The van der Waals surface area contributed by atoms with E-state index in [0.717, 1.165) is 11.5 Å². The number of aryl methyl sites for hydroxylation is 1. The fourth-order valence-electron chi connectivity index (χ4n) is 2.58.